The third-order valence-corrected chi connectivity index (χ3v) is 5.79. The van der Waals surface area contributed by atoms with Crippen LogP contribution in [0, 0.1) is 0 Å². The maximum atomic E-state index is 12.9. The number of anilines is 1. The number of nitrogens with one attached hydrogen (secondary N) is 1. The van der Waals surface area contributed by atoms with Gasteiger partial charge in [-0.2, -0.15) is 0 Å². The van der Waals surface area contributed by atoms with E-state index in [2.05, 4.69) is 10.3 Å². The highest BCUT2D eigenvalue weighted by Gasteiger charge is 2.15. The van der Waals surface area contributed by atoms with Crippen molar-refractivity contribution in [2.75, 3.05) is 5.32 Å². The van der Waals surface area contributed by atoms with E-state index >= 15 is 0 Å². The van der Waals surface area contributed by atoms with E-state index in [-0.39, 0.29) is 18.0 Å². The Morgan fingerprint density at radius 1 is 1.23 bits per heavy atom. The molecular weight excluding hydrogens is 390 g/mol. The Bertz CT molecular complexity index is 1150. The standard InChI is InChI=1S/C18H12ClN3O2S2/c19-11-3-1-4-12(7-11)21-15(23)8-22-10-20-17-16(18(22)24)13(9-26-17)14-5-2-6-25-14/h1-7,9-10H,8H2,(H,21,23). The van der Waals surface area contributed by atoms with Gasteiger partial charge in [-0.1, -0.05) is 23.7 Å². The fraction of sp³-hybridized carbons (Fsp3) is 0.0556. The molecule has 8 heteroatoms. The predicted molar refractivity (Wildman–Crippen MR) is 107 cm³/mol. The lowest BCUT2D eigenvalue weighted by Crippen LogP contribution is -2.27. The summed E-state index contributed by atoms with van der Waals surface area (Å²) in [5.74, 6) is -0.316. The zero-order chi connectivity index (χ0) is 18.1. The van der Waals surface area contributed by atoms with Gasteiger partial charge in [0.05, 0.1) is 11.7 Å². The van der Waals surface area contributed by atoms with Crippen LogP contribution in [0.1, 0.15) is 0 Å². The molecule has 5 nitrogen and oxygen atoms in total. The minimum atomic E-state index is -0.316. The maximum absolute atomic E-state index is 12.9. The summed E-state index contributed by atoms with van der Waals surface area (Å²) in [5.41, 5.74) is 1.22. The second kappa shape index (κ2) is 7.03. The van der Waals surface area contributed by atoms with Gasteiger partial charge in [0.15, 0.2) is 0 Å². The molecule has 130 valence electrons. The van der Waals surface area contributed by atoms with Crippen molar-refractivity contribution in [3.63, 3.8) is 0 Å². The zero-order valence-corrected chi connectivity index (χ0v) is 15.7. The molecule has 0 saturated heterocycles. The van der Waals surface area contributed by atoms with Gasteiger partial charge < -0.3 is 5.32 Å². The summed E-state index contributed by atoms with van der Waals surface area (Å²) in [6.07, 6.45) is 1.41. The van der Waals surface area contributed by atoms with Gasteiger partial charge in [-0.15, -0.1) is 22.7 Å². The lowest BCUT2D eigenvalue weighted by molar-refractivity contribution is -0.116. The van der Waals surface area contributed by atoms with Crippen molar-refractivity contribution < 1.29 is 4.79 Å². The third kappa shape index (κ3) is 3.29. The van der Waals surface area contributed by atoms with Crippen LogP contribution in [-0.2, 0) is 11.3 Å². The molecule has 4 aromatic rings. The number of nitrogens with zero attached hydrogens (tertiary/aromatic N) is 2. The SMILES string of the molecule is O=C(Cn1cnc2scc(-c3cccs3)c2c1=O)Nc1cccc(Cl)c1. The lowest BCUT2D eigenvalue weighted by Gasteiger charge is -2.08. The lowest BCUT2D eigenvalue weighted by atomic mass is 10.2. The van der Waals surface area contributed by atoms with Gasteiger partial charge in [0, 0.05) is 26.5 Å². The van der Waals surface area contributed by atoms with Crippen LogP contribution >= 0.6 is 34.3 Å². The van der Waals surface area contributed by atoms with Crippen LogP contribution in [0.2, 0.25) is 5.02 Å². The molecule has 0 bridgehead atoms. The molecule has 0 saturated carbocycles. The van der Waals surface area contributed by atoms with Gasteiger partial charge in [0.1, 0.15) is 11.4 Å². The number of rotatable bonds is 4. The summed E-state index contributed by atoms with van der Waals surface area (Å²) in [6, 6.07) is 10.8. The van der Waals surface area contributed by atoms with Crippen LogP contribution in [0.4, 0.5) is 5.69 Å². The molecule has 3 heterocycles. The summed E-state index contributed by atoms with van der Waals surface area (Å²) >= 11 is 8.91. The van der Waals surface area contributed by atoms with Crippen molar-refractivity contribution in [2.45, 2.75) is 6.54 Å². The fourth-order valence-corrected chi connectivity index (χ4v) is 4.53. The molecule has 0 aliphatic rings. The largest absolute Gasteiger partial charge is 0.324 e. The second-order valence-corrected chi connectivity index (χ2v) is 7.79. The Labute approximate surface area is 161 Å². The van der Waals surface area contributed by atoms with Crippen LogP contribution in [0.5, 0.6) is 0 Å². The molecule has 0 unspecified atom stereocenters. The molecule has 4 rings (SSSR count). The van der Waals surface area contributed by atoms with Gasteiger partial charge in [-0.3, -0.25) is 14.2 Å². The molecule has 0 spiro atoms. The molecule has 0 aliphatic carbocycles. The molecule has 0 atom stereocenters. The number of benzene rings is 1. The van der Waals surface area contributed by atoms with Gasteiger partial charge in [-0.05, 0) is 29.6 Å². The number of halogens is 1. The highest BCUT2D eigenvalue weighted by molar-refractivity contribution is 7.18. The van der Waals surface area contributed by atoms with Crippen molar-refractivity contribution in [1.82, 2.24) is 9.55 Å². The first-order chi connectivity index (χ1) is 12.6. The van der Waals surface area contributed by atoms with E-state index in [9.17, 15) is 9.59 Å². The van der Waals surface area contributed by atoms with Crippen LogP contribution in [0.3, 0.4) is 0 Å². The first-order valence-electron chi connectivity index (χ1n) is 7.68. The smallest absolute Gasteiger partial charge is 0.263 e. The van der Waals surface area contributed by atoms with Crippen molar-refractivity contribution in [1.29, 1.82) is 0 Å². The summed E-state index contributed by atoms with van der Waals surface area (Å²) in [7, 11) is 0. The fourth-order valence-electron chi connectivity index (χ4n) is 2.61. The topological polar surface area (TPSA) is 64.0 Å². The normalized spacial score (nSPS) is 11.0. The van der Waals surface area contributed by atoms with Crippen molar-refractivity contribution in [3.05, 3.63) is 68.9 Å². The molecule has 1 amide bonds. The van der Waals surface area contributed by atoms with E-state index in [0.717, 1.165) is 10.4 Å². The number of carbonyl (C=O) groups is 1. The Morgan fingerprint density at radius 2 is 2.12 bits per heavy atom. The molecule has 0 aliphatic heterocycles. The average molecular weight is 402 g/mol. The van der Waals surface area contributed by atoms with Crippen LogP contribution in [0.25, 0.3) is 20.7 Å². The Kier molecular flexibility index (Phi) is 4.58. The predicted octanol–water partition coefficient (Wildman–Crippen LogP) is 4.48. The number of hydrogen-bond donors (Lipinski definition) is 1. The summed E-state index contributed by atoms with van der Waals surface area (Å²) < 4.78 is 1.33. The van der Waals surface area contributed by atoms with Gasteiger partial charge in [0.25, 0.3) is 5.56 Å². The van der Waals surface area contributed by atoms with Gasteiger partial charge in [-0.25, -0.2) is 4.98 Å². The molecule has 0 fully saturated rings. The first-order valence-corrected chi connectivity index (χ1v) is 9.81. The summed E-state index contributed by atoms with van der Waals surface area (Å²) in [6.45, 7) is -0.117. The van der Waals surface area contributed by atoms with E-state index in [1.165, 1.54) is 22.2 Å². The number of carbonyl (C=O) groups excluding carboxylic acids is 1. The Hall–Kier alpha value is -2.48. The van der Waals surface area contributed by atoms with Crippen molar-refractivity contribution in [2.24, 2.45) is 0 Å². The Morgan fingerprint density at radius 3 is 2.88 bits per heavy atom. The van der Waals surface area contributed by atoms with Crippen LogP contribution < -0.4 is 10.9 Å². The highest BCUT2D eigenvalue weighted by atomic mass is 35.5. The average Bonchev–Trinajstić information content (AvgIpc) is 3.26. The molecule has 0 radical (unpaired) electrons. The van der Waals surface area contributed by atoms with E-state index in [0.29, 0.717) is 20.9 Å². The van der Waals surface area contributed by atoms with Crippen molar-refractivity contribution in [3.8, 4) is 10.4 Å². The van der Waals surface area contributed by atoms with Gasteiger partial charge in [0.2, 0.25) is 5.91 Å². The third-order valence-electron chi connectivity index (χ3n) is 3.77. The number of hydrogen-bond acceptors (Lipinski definition) is 5. The minimum absolute atomic E-state index is 0.117. The number of aromatic nitrogens is 2. The number of thiophene rings is 2. The van der Waals surface area contributed by atoms with Gasteiger partial charge >= 0.3 is 0 Å². The molecule has 1 aromatic carbocycles. The van der Waals surface area contributed by atoms with Crippen molar-refractivity contribution >= 4 is 56.1 Å². The number of amides is 1. The van der Waals surface area contributed by atoms with E-state index in [4.69, 9.17) is 11.6 Å². The monoisotopic (exact) mass is 401 g/mol. The highest BCUT2D eigenvalue weighted by Crippen LogP contribution is 2.33. The summed E-state index contributed by atoms with van der Waals surface area (Å²) in [4.78, 5) is 31.2. The first kappa shape index (κ1) is 17.0. The van der Waals surface area contributed by atoms with Crippen LogP contribution in [0.15, 0.2) is 58.3 Å². The summed E-state index contributed by atoms with van der Waals surface area (Å²) in [5, 5.41) is 7.71. The van der Waals surface area contributed by atoms with E-state index in [1.807, 2.05) is 22.9 Å². The second-order valence-electron chi connectivity index (χ2n) is 5.54. The quantitative estimate of drug-likeness (QED) is 0.548. The number of fused-ring (bicyclic) bond motifs is 1. The van der Waals surface area contributed by atoms with Crippen LogP contribution in [-0.4, -0.2) is 15.5 Å². The Balaban J connectivity index is 1.65. The minimum Gasteiger partial charge on any atom is -0.324 e. The van der Waals surface area contributed by atoms with E-state index in [1.54, 1.807) is 35.6 Å². The molecular formula is C18H12ClN3O2S2. The maximum Gasteiger partial charge on any atom is 0.263 e. The zero-order valence-electron chi connectivity index (χ0n) is 13.3. The van der Waals surface area contributed by atoms with E-state index < -0.39 is 0 Å². The molecule has 26 heavy (non-hydrogen) atoms. The molecule has 1 N–H and O–H groups in total. The molecule has 3 aromatic heterocycles.